The van der Waals surface area contributed by atoms with Gasteiger partial charge in [-0.25, -0.2) is 0 Å². The highest BCUT2D eigenvalue weighted by atomic mass is 35.5. The first-order chi connectivity index (χ1) is 7.75. The number of carbonyl (C=O) groups excluding carboxylic acids is 1. The van der Waals surface area contributed by atoms with E-state index in [2.05, 4.69) is 17.6 Å². The van der Waals surface area contributed by atoms with Crippen molar-refractivity contribution in [1.29, 1.82) is 0 Å². The van der Waals surface area contributed by atoms with Gasteiger partial charge in [0.2, 0.25) is 5.91 Å². The van der Waals surface area contributed by atoms with E-state index in [-0.39, 0.29) is 12.4 Å². The molecule has 3 fully saturated rings. The molecule has 2 N–H and O–H groups in total. The van der Waals surface area contributed by atoms with Gasteiger partial charge >= 0.3 is 0 Å². The van der Waals surface area contributed by atoms with E-state index in [1.165, 1.54) is 19.3 Å². The summed E-state index contributed by atoms with van der Waals surface area (Å²) in [6.45, 7) is 3.24. The normalized spacial score (nSPS) is 43.5. The first-order valence-corrected chi connectivity index (χ1v) is 6.79. The summed E-state index contributed by atoms with van der Waals surface area (Å²) in [6, 6.07) is 0.975. The maximum atomic E-state index is 12.1. The third-order valence-electron chi connectivity index (χ3n) is 4.68. The van der Waals surface area contributed by atoms with Crippen LogP contribution < -0.4 is 10.6 Å². The van der Waals surface area contributed by atoms with Gasteiger partial charge in [0.15, 0.2) is 0 Å². The average Bonchev–Trinajstić information content (AvgIpc) is 2.73. The van der Waals surface area contributed by atoms with Crippen LogP contribution >= 0.6 is 12.4 Å². The lowest BCUT2D eigenvalue weighted by molar-refractivity contribution is -0.124. The molecule has 3 nitrogen and oxygen atoms in total. The van der Waals surface area contributed by atoms with Crippen molar-refractivity contribution in [2.45, 2.75) is 51.1 Å². The number of fused-ring (bicyclic) bond motifs is 1. The molecule has 2 saturated carbocycles. The number of hydrogen-bond donors (Lipinski definition) is 2. The van der Waals surface area contributed by atoms with Crippen LogP contribution in [-0.4, -0.2) is 24.5 Å². The lowest BCUT2D eigenvalue weighted by Crippen LogP contribution is -2.47. The highest BCUT2D eigenvalue weighted by Crippen LogP contribution is 2.57. The number of rotatable bonds is 2. The van der Waals surface area contributed by atoms with Crippen LogP contribution in [0.5, 0.6) is 0 Å². The van der Waals surface area contributed by atoms with Crippen LogP contribution in [0.15, 0.2) is 0 Å². The molecule has 0 aromatic heterocycles. The lowest BCUT2D eigenvalue weighted by Gasteiger charge is -2.28. The maximum absolute atomic E-state index is 12.1. The standard InChI is InChI=1S/C13H22N2O.ClH/c1-8-7-9(5-6-14-8)15-13(16)12-10-3-2-4-11(10)12;/h8-12,14H,2-7H2,1H3,(H,15,16);1H. The molecule has 1 amide bonds. The highest BCUT2D eigenvalue weighted by Gasteiger charge is 2.56. The highest BCUT2D eigenvalue weighted by molar-refractivity contribution is 5.85. The Morgan fingerprint density at radius 3 is 2.59 bits per heavy atom. The summed E-state index contributed by atoms with van der Waals surface area (Å²) in [5.74, 6) is 2.24. The Hall–Kier alpha value is -0.280. The van der Waals surface area contributed by atoms with Crippen molar-refractivity contribution < 1.29 is 4.79 Å². The van der Waals surface area contributed by atoms with E-state index < -0.39 is 0 Å². The van der Waals surface area contributed by atoms with Crippen molar-refractivity contribution in [3.8, 4) is 0 Å². The molecule has 0 aromatic rings. The molecule has 1 saturated heterocycles. The summed E-state index contributed by atoms with van der Waals surface area (Å²) in [7, 11) is 0. The van der Waals surface area contributed by atoms with E-state index in [9.17, 15) is 4.79 Å². The van der Waals surface area contributed by atoms with Crippen molar-refractivity contribution in [3.63, 3.8) is 0 Å². The summed E-state index contributed by atoms with van der Waals surface area (Å²) < 4.78 is 0. The molecule has 17 heavy (non-hydrogen) atoms. The molecule has 4 heteroatoms. The van der Waals surface area contributed by atoms with Gasteiger partial charge < -0.3 is 10.6 Å². The number of amides is 1. The molecule has 0 aromatic carbocycles. The van der Waals surface area contributed by atoms with Crippen molar-refractivity contribution in [2.24, 2.45) is 17.8 Å². The van der Waals surface area contributed by atoms with Crippen LogP contribution in [0.3, 0.4) is 0 Å². The van der Waals surface area contributed by atoms with Gasteiger partial charge in [-0.05, 0) is 51.0 Å². The number of carbonyl (C=O) groups is 1. The van der Waals surface area contributed by atoms with Gasteiger partial charge in [0, 0.05) is 18.0 Å². The summed E-state index contributed by atoms with van der Waals surface area (Å²) >= 11 is 0. The van der Waals surface area contributed by atoms with Crippen LogP contribution in [0.25, 0.3) is 0 Å². The fourth-order valence-electron chi connectivity index (χ4n) is 3.77. The fourth-order valence-corrected chi connectivity index (χ4v) is 3.77. The summed E-state index contributed by atoms with van der Waals surface area (Å²) in [5, 5.41) is 6.68. The van der Waals surface area contributed by atoms with Crippen LogP contribution in [0.4, 0.5) is 0 Å². The van der Waals surface area contributed by atoms with Gasteiger partial charge in [0.05, 0.1) is 0 Å². The Morgan fingerprint density at radius 1 is 1.24 bits per heavy atom. The van der Waals surface area contributed by atoms with Gasteiger partial charge in [0.1, 0.15) is 0 Å². The largest absolute Gasteiger partial charge is 0.353 e. The number of nitrogens with one attached hydrogen (secondary N) is 2. The molecule has 1 aliphatic heterocycles. The van der Waals surface area contributed by atoms with E-state index in [1.807, 2.05) is 0 Å². The van der Waals surface area contributed by atoms with E-state index in [4.69, 9.17) is 0 Å². The molecule has 0 bridgehead atoms. The Labute approximate surface area is 110 Å². The zero-order valence-corrected chi connectivity index (χ0v) is 11.3. The second-order valence-corrected chi connectivity index (χ2v) is 5.87. The molecule has 3 aliphatic rings. The van der Waals surface area contributed by atoms with Gasteiger partial charge in [-0.1, -0.05) is 6.42 Å². The minimum Gasteiger partial charge on any atom is -0.353 e. The Bertz CT molecular complexity index is 287. The quantitative estimate of drug-likeness (QED) is 0.792. The SMILES string of the molecule is CC1CC(NC(=O)C2C3CCCC32)CCN1.Cl. The molecule has 1 heterocycles. The predicted molar refractivity (Wildman–Crippen MR) is 70.2 cm³/mol. The van der Waals surface area contributed by atoms with Gasteiger partial charge in [-0.15, -0.1) is 12.4 Å². The van der Waals surface area contributed by atoms with Crippen LogP contribution in [0, 0.1) is 17.8 Å². The minimum absolute atomic E-state index is 0. The third kappa shape index (κ3) is 2.60. The van der Waals surface area contributed by atoms with Gasteiger partial charge in [0.25, 0.3) is 0 Å². The fraction of sp³-hybridized carbons (Fsp3) is 0.923. The van der Waals surface area contributed by atoms with Crippen LogP contribution in [0.1, 0.15) is 39.0 Å². The average molecular weight is 259 g/mol. The summed E-state index contributed by atoms with van der Waals surface area (Å²) in [4.78, 5) is 12.1. The molecule has 0 radical (unpaired) electrons. The second kappa shape index (κ2) is 5.15. The molecule has 0 spiro atoms. The molecule has 2 aliphatic carbocycles. The van der Waals surface area contributed by atoms with E-state index >= 15 is 0 Å². The maximum Gasteiger partial charge on any atom is 0.223 e. The zero-order chi connectivity index (χ0) is 11.1. The van der Waals surface area contributed by atoms with E-state index in [1.54, 1.807) is 0 Å². The topological polar surface area (TPSA) is 41.1 Å². The smallest absolute Gasteiger partial charge is 0.223 e. The summed E-state index contributed by atoms with van der Waals surface area (Å²) in [6.07, 6.45) is 6.13. The van der Waals surface area contributed by atoms with Gasteiger partial charge in [-0.2, -0.15) is 0 Å². The van der Waals surface area contributed by atoms with Crippen LogP contribution in [0.2, 0.25) is 0 Å². The molecule has 98 valence electrons. The first kappa shape index (κ1) is 13.2. The number of hydrogen-bond acceptors (Lipinski definition) is 2. The van der Waals surface area contributed by atoms with Crippen molar-refractivity contribution >= 4 is 18.3 Å². The Morgan fingerprint density at radius 2 is 1.94 bits per heavy atom. The third-order valence-corrected chi connectivity index (χ3v) is 4.68. The van der Waals surface area contributed by atoms with Crippen LogP contribution in [-0.2, 0) is 4.79 Å². The number of halogens is 1. The molecule has 4 unspecified atom stereocenters. The lowest BCUT2D eigenvalue weighted by atomic mass is 10.00. The molecular formula is C13H23ClN2O. The zero-order valence-electron chi connectivity index (χ0n) is 10.4. The molecule has 4 atom stereocenters. The Kier molecular flexibility index (Phi) is 3.99. The number of piperidine rings is 1. The monoisotopic (exact) mass is 258 g/mol. The van der Waals surface area contributed by atoms with Crippen molar-refractivity contribution in [3.05, 3.63) is 0 Å². The van der Waals surface area contributed by atoms with E-state index in [0.717, 1.165) is 31.2 Å². The molecule has 3 rings (SSSR count). The van der Waals surface area contributed by atoms with Crippen molar-refractivity contribution in [2.75, 3.05) is 6.54 Å². The predicted octanol–water partition coefficient (Wildman–Crippen LogP) is 1.71. The second-order valence-electron chi connectivity index (χ2n) is 5.87. The minimum atomic E-state index is 0. The summed E-state index contributed by atoms with van der Waals surface area (Å²) in [5.41, 5.74) is 0. The molecular weight excluding hydrogens is 236 g/mol. The van der Waals surface area contributed by atoms with E-state index in [0.29, 0.717) is 23.9 Å². The Balaban J connectivity index is 0.00000108. The first-order valence-electron chi connectivity index (χ1n) is 6.79. The van der Waals surface area contributed by atoms with Gasteiger partial charge in [-0.3, -0.25) is 4.79 Å². The van der Waals surface area contributed by atoms with Crippen molar-refractivity contribution in [1.82, 2.24) is 10.6 Å².